The third-order valence-corrected chi connectivity index (χ3v) is 12.1. The summed E-state index contributed by atoms with van der Waals surface area (Å²) in [7, 11) is 1.67. The first-order valence-corrected chi connectivity index (χ1v) is 25.1. The zero-order valence-corrected chi connectivity index (χ0v) is 39.2. The topological polar surface area (TPSA) is 114 Å². The van der Waals surface area contributed by atoms with Crippen molar-refractivity contribution in [1.29, 1.82) is 0 Å². The molecule has 1 rings (SSSR count). The number of nitrogens with zero attached hydrogens (tertiary/aromatic N) is 1. The minimum Gasteiger partial charge on any atom is -0.466 e. The Hall–Kier alpha value is -2.42. The molecule has 0 aliphatic carbocycles. The lowest BCUT2D eigenvalue weighted by atomic mass is 9.93. The highest BCUT2D eigenvalue weighted by atomic mass is 16.5. The third kappa shape index (κ3) is 28.7. The van der Waals surface area contributed by atoms with E-state index in [1.807, 2.05) is 0 Å². The van der Waals surface area contributed by atoms with Crippen molar-refractivity contribution in [2.24, 2.45) is 5.92 Å². The maximum Gasteiger partial charge on any atom is 0.306 e. The fraction of sp³-hybridized carbons (Fsp3) is 0.880. The first-order valence-electron chi connectivity index (χ1n) is 25.1. The Kier molecular flexibility index (Phi) is 35.6. The molecule has 0 spiro atoms. The highest BCUT2D eigenvalue weighted by molar-refractivity contribution is 5.73. The maximum absolute atomic E-state index is 12.8. The molecule has 9 heteroatoms. The van der Waals surface area contributed by atoms with Crippen LogP contribution < -0.4 is 21.5 Å². The molecule has 0 aliphatic rings. The van der Waals surface area contributed by atoms with Crippen molar-refractivity contribution in [2.75, 3.05) is 50.5 Å². The van der Waals surface area contributed by atoms with Crippen molar-refractivity contribution in [3.63, 3.8) is 0 Å². The molecule has 0 atom stereocenters. The van der Waals surface area contributed by atoms with Gasteiger partial charge in [-0.25, -0.2) is 0 Å². The van der Waals surface area contributed by atoms with Gasteiger partial charge in [0.1, 0.15) is 17.5 Å². The third-order valence-electron chi connectivity index (χ3n) is 12.1. The first kappa shape index (κ1) is 54.6. The molecule has 0 fully saturated rings. The summed E-state index contributed by atoms with van der Waals surface area (Å²) in [5, 5.41) is 6.01. The summed E-state index contributed by atoms with van der Waals surface area (Å²) in [4.78, 5) is 51.4. The standard InChI is InChI=1S/C50H93N3O6/c1-6-10-14-18-24-33-44(34-25-19-15-11-7-2)59-46(55)36-27-21-17-23-29-40-53(41-30-38-52-48-47(51-5)49(56)50(48)57)39-28-22-16-20-26-35-45(54)58-42-37-43(31-12-8-3)32-13-9-4/h43-44,51-52H,6-42H2,1-5H3. The molecule has 1 aromatic rings. The molecule has 0 saturated heterocycles. The van der Waals surface area contributed by atoms with E-state index in [9.17, 15) is 19.2 Å². The van der Waals surface area contributed by atoms with Crippen LogP contribution in [-0.4, -0.2) is 62.8 Å². The van der Waals surface area contributed by atoms with Crippen molar-refractivity contribution in [3.05, 3.63) is 20.4 Å². The van der Waals surface area contributed by atoms with Gasteiger partial charge in [-0.05, 0) is 89.8 Å². The summed E-state index contributed by atoms with van der Waals surface area (Å²) >= 11 is 0. The Morgan fingerprint density at radius 3 is 1.51 bits per heavy atom. The Balaban J connectivity index is 2.40. The monoisotopic (exact) mass is 832 g/mol. The molecule has 0 unspecified atom stereocenters. The molecule has 1 aromatic carbocycles. The Labute approximate surface area is 362 Å². The number of hydrogen-bond acceptors (Lipinski definition) is 9. The zero-order chi connectivity index (χ0) is 43.2. The molecule has 2 N–H and O–H groups in total. The van der Waals surface area contributed by atoms with Gasteiger partial charge in [0, 0.05) is 26.4 Å². The summed E-state index contributed by atoms with van der Waals surface area (Å²) < 4.78 is 11.6. The van der Waals surface area contributed by atoms with Crippen molar-refractivity contribution < 1.29 is 19.1 Å². The maximum atomic E-state index is 12.8. The zero-order valence-electron chi connectivity index (χ0n) is 39.2. The highest BCUT2D eigenvalue weighted by Crippen LogP contribution is 2.21. The lowest BCUT2D eigenvalue weighted by molar-refractivity contribution is -0.150. The number of hydrogen-bond donors (Lipinski definition) is 2. The molecule has 59 heavy (non-hydrogen) atoms. The largest absolute Gasteiger partial charge is 0.466 e. The summed E-state index contributed by atoms with van der Waals surface area (Å²) in [6, 6.07) is 0. The fourth-order valence-electron chi connectivity index (χ4n) is 8.21. The van der Waals surface area contributed by atoms with E-state index in [4.69, 9.17) is 9.47 Å². The molecule has 0 bridgehead atoms. The second-order valence-electron chi connectivity index (χ2n) is 17.5. The molecular formula is C50H93N3O6. The normalized spacial score (nSPS) is 11.7. The lowest BCUT2D eigenvalue weighted by Gasteiger charge is -2.23. The number of ether oxygens (including phenoxy) is 2. The van der Waals surface area contributed by atoms with Gasteiger partial charge in [-0.2, -0.15) is 0 Å². The number of carbonyl (C=O) groups excluding carboxylic acids is 2. The molecule has 0 radical (unpaired) electrons. The number of carbonyl (C=O) groups is 2. The Bertz CT molecular complexity index is 1190. The van der Waals surface area contributed by atoms with Crippen LogP contribution in [-0.2, 0) is 19.1 Å². The smallest absolute Gasteiger partial charge is 0.306 e. The van der Waals surface area contributed by atoms with Gasteiger partial charge in [0.25, 0.3) is 10.9 Å². The second kappa shape index (κ2) is 38.5. The van der Waals surface area contributed by atoms with Gasteiger partial charge in [-0.15, -0.1) is 0 Å². The molecule has 9 nitrogen and oxygen atoms in total. The van der Waals surface area contributed by atoms with Gasteiger partial charge in [-0.3, -0.25) is 19.2 Å². The summed E-state index contributed by atoms with van der Waals surface area (Å²) in [5.41, 5.74) is -0.0612. The fourth-order valence-corrected chi connectivity index (χ4v) is 8.21. The van der Waals surface area contributed by atoms with Gasteiger partial charge < -0.3 is 25.0 Å². The van der Waals surface area contributed by atoms with E-state index in [2.05, 4.69) is 43.2 Å². The van der Waals surface area contributed by atoms with Crippen LogP contribution in [0.1, 0.15) is 233 Å². The Morgan fingerprint density at radius 1 is 0.508 bits per heavy atom. The van der Waals surface area contributed by atoms with Gasteiger partial charge in [0.05, 0.1) is 6.61 Å². The quantitative estimate of drug-likeness (QED) is 0.0377. The van der Waals surface area contributed by atoms with Gasteiger partial charge >= 0.3 is 11.9 Å². The van der Waals surface area contributed by atoms with E-state index in [-0.39, 0.29) is 18.0 Å². The van der Waals surface area contributed by atoms with E-state index in [1.54, 1.807) is 7.05 Å². The van der Waals surface area contributed by atoms with Gasteiger partial charge in [0.2, 0.25) is 0 Å². The molecule has 0 heterocycles. The molecule has 0 aliphatic heterocycles. The molecule has 0 aromatic heterocycles. The van der Waals surface area contributed by atoms with E-state index >= 15 is 0 Å². The van der Waals surface area contributed by atoms with E-state index in [0.717, 1.165) is 122 Å². The van der Waals surface area contributed by atoms with Crippen LogP contribution in [0.3, 0.4) is 0 Å². The van der Waals surface area contributed by atoms with Crippen LogP contribution in [0, 0.1) is 5.92 Å². The summed E-state index contributed by atoms with van der Waals surface area (Å²) in [6.45, 7) is 13.2. The minimum absolute atomic E-state index is 0.00794. The number of nitrogens with one attached hydrogen (secondary N) is 2. The molecular weight excluding hydrogens is 739 g/mol. The van der Waals surface area contributed by atoms with Crippen LogP contribution in [0.25, 0.3) is 0 Å². The number of rotatable bonds is 44. The number of esters is 2. The van der Waals surface area contributed by atoms with Crippen molar-refractivity contribution in [1.82, 2.24) is 4.90 Å². The Morgan fingerprint density at radius 2 is 0.966 bits per heavy atom. The predicted octanol–water partition coefficient (Wildman–Crippen LogP) is 12.7. The van der Waals surface area contributed by atoms with Crippen molar-refractivity contribution in [2.45, 2.75) is 239 Å². The van der Waals surface area contributed by atoms with Crippen LogP contribution in [0.4, 0.5) is 11.4 Å². The number of unbranched alkanes of at least 4 members (excludes halogenated alkanes) is 18. The SMILES string of the molecule is CCCCCCCC(CCCCCCC)OC(=O)CCCCCCCN(CCCCCCCC(=O)OCCC(CCCC)CCCC)CCCNc1c(NC)c(=O)c1=O. The molecule has 344 valence electrons. The van der Waals surface area contributed by atoms with Gasteiger partial charge in [0.15, 0.2) is 0 Å². The number of anilines is 2. The summed E-state index contributed by atoms with van der Waals surface area (Å²) in [5.74, 6) is 0.636. The van der Waals surface area contributed by atoms with Crippen LogP contribution in [0.2, 0.25) is 0 Å². The minimum atomic E-state index is -0.440. The van der Waals surface area contributed by atoms with Crippen LogP contribution in [0.15, 0.2) is 9.59 Å². The van der Waals surface area contributed by atoms with Crippen LogP contribution >= 0.6 is 0 Å². The van der Waals surface area contributed by atoms with E-state index in [1.165, 1.54) is 89.9 Å². The van der Waals surface area contributed by atoms with Crippen molar-refractivity contribution >= 4 is 23.3 Å². The molecule has 0 amide bonds. The average Bonchev–Trinajstić information content (AvgIpc) is 3.23. The highest BCUT2D eigenvalue weighted by Gasteiger charge is 2.19. The first-order chi connectivity index (χ1) is 28.8. The predicted molar refractivity (Wildman–Crippen MR) is 251 cm³/mol. The lowest BCUT2D eigenvalue weighted by Crippen LogP contribution is -2.37. The van der Waals surface area contributed by atoms with E-state index < -0.39 is 10.9 Å². The van der Waals surface area contributed by atoms with E-state index in [0.29, 0.717) is 43.3 Å². The van der Waals surface area contributed by atoms with Crippen LogP contribution in [0.5, 0.6) is 0 Å². The molecule has 0 saturated carbocycles. The average molecular weight is 832 g/mol. The van der Waals surface area contributed by atoms with Crippen molar-refractivity contribution in [3.8, 4) is 0 Å². The summed E-state index contributed by atoms with van der Waals surface area (Å²) in [6.07, 6.45) is 35.7. The van der Waals surface area contributed by atoms with Gasteiger partial charge in [-0.1, -0.05) is 156 Å². The second-order valence-corrected chi connectivity index (χ2v) is 17.5.